The van der Waals surface area contributed by atoms with E-state index >= 15 is 0 Å². The van der Waals surface area contributed by atoms with Crippen LogP contribution >= 0.6 is 11.8 Å². The van der Waals surface area contributed by atoms with Gasteiger partial charge in [0.05, 0.1) is 12.7 Å². The van der Waals surface area contributed by atoms with E-state index in [9.17, 15) is 9.59 Å². The second kappa shape index (κ2) is 7.49. The van der Waals surface area contributed by atoms with Gasteiger partial charge in [0.15, 0.2) is 5.12 Å². The Kier molecular flexibility index (Phi) is 5.97. The predicted molar refractivity (Wildman–Crippen MR) is 74.6 cm³/mol. The molecule has 0 aromatic heterocycles. The number of methoxy groups -OCH3 is 1. The molecule has 0 heterocycles. The standard InChI is InChI=1S/C14H14O4S/c1-10(15)19-6-4-3-5-11-7-12(14(16)17)9-13(8-11)18-2/h7-9H,4,6H2,1-2H3,(H,16,17). The molecule has 0 amide bonds. The van der Waals surface area contributed by atoms with Gasteiger partial charge in [0, 0.05) is 24.7 Å². The normalized spacial score (nSPS) is 9.37. The van der Waals surface area contributed by atoms with Crippen LogP contribution in [0.25, 0.3) is 0 Å². The first-order chi connectivity index (χ1) is 9.02. The molecule has 1 N–H and O–H groups in total. The number of carbonyl (C=O) groups is 2. The van der Waals surface area contributed by atoms with Gasteiger partial charge in [-0.15, -0.1) is 0 Å². The van der Waals surface area contributed by atoms with E-state index in [1.807, 2.05) is 0 Å². The van der Waals surface area contributed by atoms with Gasteiger partial charge >= 0.3 is 5.97 Å². The number of rotatable bonds is 4. The molecule has 1 rings (SSSR count). The van der Waals surface area contributed by atoms with Crippen LogP contribution in [-0.4, -0.2) is 29.1 Å². The summed E-state index contributed by atoms with van der Waals surface area (Å²) in [4.78, 5) is 21.6. The lowest BCUT2D eigenvalue weighted by Gasteiger charge is -2.02. The Balaban J connectivity index is 2.77. The van der Waals surface area contributed by atoms with Crippen LogP contribution in [0.15, 0.2) is 18.2 Å². The van der Waals surface area contributed by atoms with Crippen LogP contribution in [0.5, 0.6) is 5.75 Å². The molecule has 0 saturated carbocycles. The molecule has 19 heavy (non-hydrogen) atoms. The third-order valence-electron chi connectivity index (χ3n) is 2.15. The van der Waals surface area contributed by atoms with Gasteiger partial charge in [-0.25, -0.2) is 4.79 Å². The summed E-state index contributed by atoms with van der Waals surface area (Å²) in [6.07, 6.45) is 0.573. The van der Waals surface area contributed by atoms with Crippen LogP contribution in [0.3, 0.4) is 0 Å². The zero-order valence-electron chi connectivity index (χ0n) is 10.7. The van der Waals surface area contributed by atoms with Gasteiger partial charge in [0.1, 0.15) is 5.75 Å². The lowest BCUT2D eigenvalue weighted by atomic mass is 10.1. The van der Waals surface area contributed by atoms with Crippen molar-refractivity contribution in [3.8, 4) is 17.6 Å². The van der Waals surface area contributed by atoms with Gasteiger partial charge in [-0.1, -0.05) is 23.6 Å². The summed E-state index contributed by atoms with van der Waals surface area (Å²) < 4.78 is 5.02. The maximum Gasteiger partial charge on any atom is 0.335 e. The third kappa shape index (κ3) is 5.49. The number of benzene rings is 1. The highest BCUT2D eigenvalue weighted by Gasteiger charge is 2.06. The first-order valence-corrected chi connectivity index (χ1v) is 6.56. The highest BCUT2D eigenvalue weighted by atomic mass is 32.2. The van der Waals surface area contributed by atoms with Crippen molar-refractivity contribution in [3.05, 3.63) is 29.3 Å². The molecule has 0 atom stereocenters. The van der Waals surface area contributed by atoms with Gasteiger partial charge < -0.3 is 9.84 Å². The van der Waals surface area contributed by atoms with E-state index in [0.29, 0.717) is 23.5 Å². The van der Waals surface area contributed by atoms with Crippen LogP contribution in [0.4, 0.5) is 0 Å². The second-order valence-electron chi connectivity index (χ2n) is 3.65. The van der Waals surface area contributed by atoms with Crippen molar-refractivity contribution >= 4 is 22.8 Å². The molecule has 0 spiro atoms. The quantitative estimate of drug-likeness (QED) is 0.677. The zero-order chi connectivity index (χ0) is 14.3. The number of hydrogen-bond acceptors (Lipinski definition) is 4. The van der Waals surface area contributed by atoms with Crippen LogP contribution in [0, 0.1) is 11.8 Å². The van der Waals surface area contributed by atoms with Crippen LogP contribution in [0.1, 0.15) is 29.3 Å². The smallest absolute Gasteiger partial charge is 0.335 e. The number of thioether (sulfide) groups is 1. The fourth-order valence-electron chi connectivity index (χ4n) is 1.32. The van der Waals surface area contributed by atoms with Crippen molar-refractivity contribution in [2.45, 2.75) is 13.3 Å². The SMILES string of the molecule is COc1cc(C#CCCSC(C)=O)cc(C(=O)O)c1. The minimum Gasteiger partial charge on any atom is -0.497 e. The summed E-state index contributed by atoms with van der Waals surface area (Å²) in [6.45, 7) is 1.51. The van der Waals surface area contributed by atoms with Crippen molar-refractivity contribution < 1.29 is 19.4 Å². The molecular weight excluding hydrogens is 264 g/mol. The first kappa shape index (κ1) is 15.1. The Morgan fingerprint density at radius 1 is 1.37 bits per heavy atom. The van der Waals surface area contributed by atoms with Gasteiger partial charge in [0.2, 0.25) is 0 Å². The Labute approximate surface area is 116 Å². The van der Waals surface area contributed by atoms with Gasteiger partial charge in [-0.3, -0.25) is 4.79 Å². The Morgan fingerprint density at radius 3 is 2.68 bits per heavy atom. The van der Waals surface area contributed by atoms with Crippen molar-refractivity contribution in [2.75, 3.05) is 12.9 Å². The summed E-state index contributed by atoms with van der Waals surface area (Å²) in [6, 6.07) is 4.62. The van der Waals surface area contributed by atoms with Gasteiger partial charge in [-0.2, -0.15) is 0 Å². The summed E-state index contributed by atoms with van der Waals surface area (Å²) in [5.41, 5.74) is 0.728. The summed E-state index contributed by atoms with van der Waals surface area (Å²) >= 11 is 1.22. The van der Waals surface area contributed by atoms with Gasteiger partial charge in [-0.05, 0) is 18.2 Å². The monoisotopic (exact) mass is 278 g/mol. The number of carboxylic acids is 1. The molecule has 0 aliphatic heterocycles. The molecule has 0 bridgehead atoms. The number of ether oxygens (including phenoxy) is 1. The summed E-state index contributed by atoms with van der Waals surface area (Å²) in [7, 11) is 1.47. The van der Waals surface area contributed by atoms with E-state index in [-0.39, 0.29) is 10.7 Å². The fourth-order valence-corrected chi connectivity index (χ4v) is 1.81. The van der Waals surface area contributed by atoms with Crippen molar-refractivity contribution in [2.24, 2.45) is 0 Å². The molecule has 4 nitrogen and oxygen atoms in total. The maximum absolute atomic E-state index is 10.9. The number of aromatic carboxylic acids is 1. The number of carboxylic acid groups (broad SMARTS) is 1. The van der Waals surface area contributed by atoms with Crippen LogP contribution in [0.2, 0.25) is 0 Å². The zero-order valence-corrected chi connectivity index (χ0v) is 11.5. The Bertz CT molecular complexity index is 540. The Morgan fingerprint density at radius 2 is 2.11 bits per heavy atom. The molecule has 0 fully saturated rings. The van der Waals surface area contributed by atoms with Crippen molar-refractivity contribution in [1.82, 2.24) is 0 Å². The minimum absolute atomic E-state index is 0.0661. The molecule has 1 aromatic carbocycles. The lowest BCUT2D eigenvalue weighted by Crippen LogP contribution is -1.98. The molecule has 0 aliphatic carbocycles. The highest BCUT2D eigenvalue weighted by Crippen LogP contribution is 2.16. The predicted octanol–water partition coefficient (Wildman–Crippen LogP) is 2.41. The number of hydrogen-bond donors (Lipinski definition) is 1. The van der Waals surface area contributed by atoms with E-state index in [4.69, 9.17) is 9.84 Å². The average molecular weight is 278 g/mol. The Hall–Kier alpha value is -1.93. The van der Waals surface area contributed by atoms with E-state index in [1.54, 1.807) is 6.07 Å². The molecule has 5 heteroatoms. The second-order valence-corrected chi connectivity index (χ2v) is 4.92. The molecule has 1 aromatic rings. The van der Waals surface area contributed by atoms with E-state index in [2.05, 4.69) is 11.8 Å². The van der Waals surface area contributed by atoms with E-state index < -0.39 is 5.97 Å². The first-order valence-electron chi connectivity index (χ1n) is 5.57. The summed E-state index contributed by atoms with van der Waals surface area (Å²) in [5, 5.41) is 9.02. The van der Waals surface area contributed by atoms with Crippen molar-refractivity contribution in [1.29, 1.82) is 0 Å². The van der Waals surface area contributed by atoms with Gasteiger partial charge in [0.25, 0.3) is 0 Å². The molecule has 100 valence electrons. The third-order valence-corrected chi connectivity index (χ3v) is 2.97. The lowest BCUT2D eigenvalue weighted by molar-refractivity contribution is -0.109. The summed E-state index contributed by atoms with van der Waals surface area (Å²) in [5.74, 6) is 5.85. The van der Waals surface area contributed by atoms with Crippen LogP contribution in [-0.2, 0) is 4.79 Å². The average Bonchev–Trinajstić information content (AvgIpc) is 2.37. The van der Waals surface area contributed by atoms with E-state index in [0.717, 1.165) is 0 Å². The van der Waals surface area contributed by atoms with Crippen LogP contribution < -0.4 is 4.74 Å². The molecule has 0 saturated heterocycles. The minimum atomic E-state index is -1.02. The molecule has 0 radical (unpaired) electrons. The van der Waals surface area contributed by atoms with E-state index in [1.165, 1.54) is 37.9 Å². The fraction of sp³-hybridized carbons (Fsp3) is 0.286. The molecule has 0 aliphatic rings. The molecule has 0 unspecified atom stereocenters. The topological polar surface area (TPSA) is 63.6 Å². The molecular formula is C14H14O4S. The van der Waals surface area contributed by atoms with Crippen molar-refractivity contribution in [3.63, 3.8) is 0 Å². The maximum atomic E-state index is 10.9. The highest BCUT2D eigenvalue weighted by molar-refractivity contribution is 8.13. The number of carbonyl (C=O) groups excluding carboxylic acids is 1. The largest absolute Gasteiger partial charge is 0.497 e.